The molecule has 2 amide bonds. The monoisotopic (exact) mass is 348 g/mol. The number of carbonyl (C=O) groups is 2. The summed E-state index contributed by atoms with van der Waals surface area (Å²) in [6.07, 6.45) is 0.591. The van der Waals surface area contributed by atoms with E-state index in [-0.39, 0.29) is 11.8 Å². The highest BCUT2D eigenvalue weighted by Crippen LogP contribution is 2.25. The Labute approximate surface area is 146 Å². The van der Waals surface area contributed by atoms with Crippen molar-refractivity contribution < 1.29 is 9.59 Å². The molecule has 1 atom stereocenters. The van der Waals surface area contributed by atoms with Crippen molar-refractivity contribution in [2.45, 2.75) is 40.2 Å². The molecule has 1 unspecified atom stereocenters. The van der Waals surface area contributed by atoms with Crippen LogP contribution in [0.15, 0.2) is 24.3 Å². The number of carbonyl (C=O) groups excluding carboxylic acids is 2. The third kappa shape index (κ3) is 3.94. The number of amides is 2. The van der Waals surface area contributed by atoms with Crippen LogP contribution in [0.4, 0.5) is 11.4 Å². The number of nitrogens with zero attached hydrogens (tertiary/aromatic N) is 2. The summed E-state index contributed by atoms with van der Waals surface area (Å²) in [4.78, 5) is 23.6. The van der Waals surface area contributed by atoms with Crippen LogP contribution in [-0.2, 0) is 9.59 Å². The summed E-state index contributed by atoms with van der Waals surface area (Å²) < 4.78 is 1.67. The van der Waals surface area contributed by atoms with Crippen LogP contribution in [0.25, 0.3) is 0 Å². The Morgan fingerprint density at radius 3 is 2.12 bits per heavy atom. The first-order valence-corrected chi connectivity index (χ1v) is 8.11. The van der Waals surface area contributed by atoms with Gasteiger partial charge in [0.1, 0.15) is 6.04 Å². The van der Waals surface area contributed by atoms with Crippen molar-refractivity contribution in [3.05, 3.63) is 40.7 Å². The fourth-order valence-corrected chi connectivity index (χ4v) is 2.61. The summed E-state index contributed by atoms with van der Waals surface area (Å²) >= 11 is 6.17. The summed E-state index contributed by atoms with van der Waals surface area (Å²) in [7, 11) is 0. The van der Waals surface area contributed by atoms with Crippen LogP contribution >= 0.6 is 11.6 Å². The van der Waals surface area contributed by atoms with E-state index >= 15 is 0 Å². The number of benzene rings is 1. The maximum absolute atomic E-state index is 12.6. The van der Waals surface area contributed by atoms with Gasteiger partial charge < -0.3 is 10.6 Å². The smallest absolute Gasteiger partial charge is 0.249 e. The predicted molar refractivity (Wildman–Crippen MR) is 95.4 cm³/mol. The van der Waals surface area contributed by atoms with Crippen molar-refractivity contribution in [2.75, 3.05) is 10.6 Å². The lowest BCUT2D eigenvalue weighted by atomic mass is 10.2. The molecule has 0 aliphatic carbocycles. The maximum atomic E-state index is 12.6. The van der Waals surface area contributed by atoms with Crippen LogP contribution in [-0.4, -0.2) is 21.6 Å². The number of aryl methyl sites for hydroxylation is 1. The van der Waals surface area contributed by atoms with Gasteiger partial charge in [0, 0.05) is 18.3 Å². The van der Waals surface area contributed by atoms with Crippen molar-refractivity contribution in [3.63, 3.8) is 0 Å². The van der Waals surface area contributed by atoms with E-state index in [0.717, 1.165) is 5.69 Å². The molecule has 0 aliphatic heterocycles. The zero-order valence-electron chi connectivity index (χ0n) is 14.2. The molecular weight excluding hydrogens is 328 g/mol. The molecule has 2 N–H and O–H groups in total. The van der Waals surface area contributed by atoms with Crippen molar-refractivity contribution in [2.24, 2.45) is 0 Å². The van der Waals surface area contributed by atoms with Crippen LogP contribution in [0.2, 0.25) is 5.02 Å². The second kappa shape index (κ2) is 7.49. The third-order valence-corrected chi connectivity index (χ3v) is 4.24. The minimum Gasteiger partial charge on any atom is -0.326 e. The van der Waals surface area contributed by atoms with Gasteiger partial charge in [-0.2, -0.15) is 5.10 Å². The molecule has 0 spiro atoms. The van der Waals surface area contributed by atoms with Crippen molar-refractivity contribution >= 4 is 34.8 Å². The lowest BCUT2D eigenvalue weighted by Gasteiger charge is -2.17. The number of rotatable bonds is 5. The SMILES string of the molecule is CCC(C(=O)Nc1ccc(NC(C)=O)cc1)n1nc(C)c(Cl)c1C. The van der Waals surface area contributed by atoms with Crippen LogP contribution in [0.1, 0.15) is 37.7 Å². The molecule has 6 nitrogen and oxygen atoms in total. The van der Waals surface area contributed by atoms with Gasteiger partial charge in [-0.15, -0.1) is 0 Å². The Morgan fingerprint density at radius 2 is 1.71 bits per heavy atom. The summed E-state index contributed by atoms with van der Waals surface area (Å²) in [6.45, 7) is 7.03. The molecule has 0 aliphatic rings. The summed E-state index contributed by atoms with van der Waals surface area (Å²) in [5.41, 5.74) is 2.82. The second-order valence-electron chi connectivity index (χ2n) is 5.60. The molecule has 7 heteroatoms. The molecule has 1 heterocycles. The van der Waals surface area contributed by atoms with Crippen molar-refractivity contribution in [3.8, 4) is 0 Å². The molecular formula is C17H21ClN4O2. The maximum Gasteiger partial charge on any atom is 0.249 e. The lowest BCUT2D eigenvalue weighted by Crippen LogP contribution is -2.27. The highest BCUT2D eigenvalue weighted by Gasteiger charge is 2.23. The van der Waals surface area contributed by atoms with Gasteiger partial charge in [0.15, 0.2) is 0 Å². The summed E-state index contributed by atoms with van der Waals surface area (Å²) in [6, 6.07) is 6.51. The molecule has 128 valence electrons. The second-order valence-corrected chi connectivity index (χ2v) is 5.98. The van der Waals surface area contributed by atoms with Crippen LogP contribution < -0.4 is 10.6 Å². The van der Waals surface area contributed by atoms with E-state index < -0.39 is 6.04 Å². The van der Waals surface area contributed by atoms with Gasteiger partial charge in [0.25, 0.3) is 0 Å². The quantitative estimate of drug-likeness (QED) is 0.864. The van der Waals surface area contributed by atoms with Gasteiger partial charge in [-0.05, 0) is 44.5 Å². The molecule has 0 fully saturated rings. The van der Waals surface area contributed by atoms with Crippen LogP contribution in [0.5, 0.6) is 0 Å². The molecule has 2 aromatic rings. The van der Waals surface area contributed by atoms with Gasteiger partial charge in [-0.25, -0.2) is 0 Å². The van der Waals surface area contributed by atoms with Gasteiger partial charge in [0.05, 0.1) is 16.4 Å². The zero-order valence-corrected chi connectivity index (χ0v) is 14.9. The van der Waals surface area contributed by atoms with E-state index in [0.29, 0.717) is 28.5 Å². The average molecular weight is 349 g/mol. The van der Waals surface area contributed by atoms with Gasteiger partial charge in [-0.1, -0.05) is 18.5 Å². The van der Waals surface area contributed by atoms with E-state index in [2.05, 4.69) is 15.7 Å². The number of hydrogen-bond acceptors (Lipinski definition) is 3. The number of halogens is 1. The number of nitrogens with one attached hydrogen (secondary N) is 2. The molecule has 0 radical (unpaired) electrons. The summed E-state index contributed by atoms with van der Waals surface area (Å²) in [5.74, 6) is -0.300. The van der Waals surface area contributed by atoms with Gasteiger partial charge >= 0.3 is 0 Å². The van der Waals surface area contributed by atoms with Crippen molar-refractivity contribution in [1.29, 1.82) is 0 Å². The van der Waals surface area contributed by atoms with Gasteiger partial charge in [-0.3, -0.25) is 14.3 Å². The van der Waals surface area contributed by atoms with E-state index in [1.807, 2.05) is 20.8 Å². The third-order valence-electron chi connectivity index (χ3n) is 3.69. The Hall–Kier alpha value is -2.34. The Morgan fingerprint density at radius 1 is 1.17 bits per heavy atom. The average Bonchev–Trinajstić information content (AvgIpc) is 2.77. The highest BCUT2D eigenvalue weighted by molar-refractivity contribution is 6.31. The first-order chi connectivity index (χ1) is 11.3. The molecule has 0 saturated heterocycles. The molecule has 1 aromatic carbocycles. The van der Waals surface area contributed by atoms with E-state index in [1.165, 1.54) is 6.92 Å². The predicted octanol–water partition coefficient (Wildman–Crippen LogP) is 3.70. The van der Waals surface area contributed by atoms with E-state index in [4.69, 9.17) is 11.6 Å². The lowest BCUT2D eigenvalue weighted by molar-refractivity contribution is -0.119. The first kappa shape index (κ1) is 18.0. The van der Waals surface area contributed by atoms with Gasteiger partial charge in [0.2, 0.25) is 11.8 Å². The fraction of sp³-hybridized carbons (Fsp3) is 0.353. The van der Waals surface area contributed by atoms with E-state index in [1.54, 1.807) is 28.9 Å². The fourth-order valence-electron chi connectivity index (χ4n) is 2.48. The number of hydrogen-bond donors (Lipinski definition) is 2. The van der Waals surface area contributed by atoms with E-state index in [9.17, 15) is 9.59 Å². The Bertz CT molecular complexity index is 753. The van der Waals surface area contributed by atoms with Crippen molar-refractivity contribution in [1.82, 2.24) is 9.78 Å². The Balaban J connectivity index is 2.14. The number of aromatic nitrogens is 2. The molecule has 24 heavy (non-hydrogen) atoms. The molecule has 0 bridgehead atoms. The zero-order chi connectivity index (χ0) is 17.9. The first-order valence-electron chi connectivity index (χ1n) is 7.73. The minimum absolute atomic E-state index is 0.140. The van der Waals surface area contributed by atoms with Crippen LogP contribution in [0, 0.1) is 13.8 Å². The minimum atomic E-state index is -0.439. The molecule has 1 aromatic heterocycles. The van der Waals surface area contributed by atoms with Crippen LogP contribution in [0.3, 0.4) is 0 Å². The topological polar surface area (TPSA) is 76.0 Å². The standard InChI is InChI=1S/C17H21ClN4O2/c1-5-15(22-11(3)16(18)10(2)21-22)17(24)20-14-8-6-13(7-9-14)19-12(4)23/h6-9,15H,5H2,1-4H3,(H,19,23)(H,20,24). The highest BCUT2D eigenvalue weighted by atomic mass is 35.5. The molecule has 2 rings (SSSR count). The molecule has 0 saturated carbocycles. The normalized spacial score (nSPS) is 11.9. The Kier molecular flexibility index (Phi) is 5.62. The summed E-state index contributed by atoms with van der Waals surface area (Å²) in [5, 5.41) is 10.5. The largest absolute Gasteiger partial charge is 0.326 e. The number of anilines is 2.